The fourth-order valence-electron chi connectivity index (χ4n) is 1.33. The van der Waals surface area contributed by atoms with Gasteiger partial charge in [0, 0.05) is 24.5 Å². The first-order chi connectivity index (χ1) is 8.28. The molecule has 0 saturated heterocycles. The summed E-state index contributed by atoms with van der Waals surface area (Å²) < 4.78 is 0. The van der Waals surface area contributed by atoms with Crippen molar-refractivity contribution in [2.75, 3.05) is 10.7 Å². The number of hydrogen-bond acceptors (Lipinski definition) is 6. The Morgan fingerprint density at radius 1 is 1.18 bits per heavy atom. The summed E-state index contributed by atoms with van der Waals surface area (Å²) >= 11 is 0. The summed E-state index contributed by atoms with van der Waals surface area (Å²) in [6, 6.07) is 5.74. The van der Waals surface area contributed by atoms with Gasteiger partial charge in [0.1, 0.15) is 18.0 Å². The predicted octanol–water partition coefficient (Wildman–Crippen LogP) is 1.08. The summed E-state index contributed by atoms with van der Waals surface area (Å²) in [6.45, 7) is 2.62. The summed E-state index contributed by atoms with van der Waals surface area (Å²) in [6.07, 6.45) is 3.29. The monoisotopic (exact) mass is 230 g/mol. The van der Waals surface area contributed by atoms with Crippen LogP contribution < -0.4 is 16.6 Å². The number of nitrogens with one attached hydrogen (secondary N) is 2. The van der Waals surface area contributed by atoms with E-state index in [1.807, 2.05) is 25.3 Å². The zero-order valence-corrected chi connectivity index (χ0v) is 9.51. The van der Waals surface area contributed by atoms with Gasteiger partial charge in [0.15, 0.2) is 0 Å². The second-order valence-corrected chi connectivity index (χ2v) is 3.59. The van der Waals surface area contributed by atoms with Gasteiger partial charge in [0.25, 0.3) is 0 Å². The predicted molar refractivity (Wildman–Crippen MR) is 66.1 cm³/mol. The first-order valence-corrected chi connectivity index (χ1v) is 5.22. The molecule has 0 aliphatic carbocycles. The smallest absolute Gasteiger partial charge is 0.145 e. The molecule has 0 amide bonds. The Morgan fingerprint density at radius 2 is 2.00 bits per heavy atom. The molecule has 17 heavy (non-hydrogen) atoms. The van der Waals surface area contributed by atoms with Crippen LogP contribution in [0.3, 0.4) is 0 Å². The zero-order valence-electron chi connectivity index (χ0n) is 9.51. The second-order valence-electron chi connectivity index (χ2n) is 3.59. The van der Waals surface area contributed by atoms with Crippen molar-refractivity contribution in [2.45, 2.75) is 13.5 Å². The molecule has 0 radical (unpaired) electrons. The maximum Gasteiger partial charge on any atom is 0.145 e. The Bertz CT molecular complexity index is 482. The quantitative estimate of drug-likeness (QED) is 0.538. The number of anilines is 2. The number of nitrogens with two attached hydrogens (primary N) is 1. The van der Waals surface area contributed by atoms with Crippen molar-refractivity contribution in [2.24, 2.45) is 5.84 Å². The van der Waals surface area contributed by atoms with E-state index in [4.69, 9.17) is 5.84 Å². The van der Waals surface area contributed by atoms with Crippen LogP contribution in [-0.4, -0.2) is 15.0 Å². The standard InChI is InChI=1S/C11H14N6/c1-8-2-3-9(5-13-8)6-14-10-4-11(17-12)16-7-15-10/h2-5,7H,6,12H2,1H3,(H2,14,15,16,17). The van der Waals surface area contributed by atoms with Gasteiger partial charge >= 0.3 is 0 Å². The van der Waals surface area contributed by atoms with Gasteiger partial charge < -0.3 is 10.7 Å². The molecule has 4 N–H and O–H groups in total. The van der Waals surface area contributed by atoms with Gasteiger partial charge in [0.2, 0.25) is 0 Å². The van der Waals surface area contributed by atoms with Crippen LogP contribution in [0.15, 0.2) is 30.7 Å². The second kappa shape index (κ2) is 5.22. The molecule has 0 aromatic carbocycles. The largest absolute Gasteiger partial charge is 0.366 e. The Balaban J connectivity index is 1.99. The average Bonchev–Trinajstić information content (AvgIpc) is 2.38. The minimum atomic E-state index is 0.574. The molecule has 88 valence electrons. The SMILES string of the molecule is Cc1ccc(CNc2cc(NN)ncn2)cn1. The highest BCUT2D eigenvalue weighted by molar-refractivity contribution is 5.45. The number of nitrogen functional groups attached to an aromatic ring is 1. The Morgan fingerprint density at radius 3 is 2.71 bits per heavy atom. The maximum absolute atomic E-state index is 5.26. The van der Waals surface area contributed by atoms with Gasteiger partial charge in [0.05, 0.1) is 0 Å². The van der Waals surface area contributed by atoms with Crippen molar-refractivity contribution < 1.29 is 0 Å². The van der Waals surface area contributed by atoms with E-state index in [1.165, 1.54) is 6.33 Å². The number of hydrogen-bond donors (Lipinski definition) is 3. The molecule has 2 aromatic rings. The van der Waals surface area contributed by atoms with E-state index >= 15 is 0 Å². The lowest BCUT2D eigenvalue weighted by Gasteiger charge is -2.06. The Hall–Kier alpha value is -2.21. The highest BCUT2D eigenvalue weighted by Crippen LogP contribution is 2.09. The first-order valence-electron chi connectivity index (χ1n) is 5.22. The molecule has 0 bridgehead atoms. The highest BCUT2D eigenvalue weighted by Gasteiger charge is 1.98. The van der Waals surface area contributed by atoms with Gasteiger partial charge in [-0.2, -0.15) is 0 Å². The van der Waals surface area contributed by atoms with Crippen molar-refractivity contribution in [3.05, 3.63) is 42.0 Å². The fraction of sp³-hybridized carbons (Fsp3) is 0.182. The van der Waals surface area contributed by atoms with Gasteiger partial charge in [-0.05, 0) is 18.6 Å². The molecule has 2 heterocycles. The summed E-state index contributed by atoms with van der Waals surface area (Å²) in [5.41, 5.74) is 4.57. The molecule has 0 spiro atoms. The van der Waals surface area contributed by atoms with Crippen molar-refractivity contribution in [3.63, 3.8) is 0 Å². The first kappa shape index (κ1) is 11.3. The molecule has 2 aromatic heterocycles. The number of hydrazine groups is 1. The third-order valence-electron chi connectivity index (χ3n) is 2.26. The molecule has 0 saturated carbocycles. The van der Waals surface area contributed by atoms with Gasteiger partial charge in [-0.3, -0.25) is 4.98 Å². The van der Waals surface area contributed by atoms with E-state index in [9.17, 15) is 0 Å². The molecule has 0 atom stereocenters. The molecule has 0 fully saturated rings. The van der Waals surface area contributed by atoms with Crippen LogP contribution >= 0.6 is 0 Å². The minimum absolute atomic E-state index is 0.574. The third-order valence-corrected chi connectivity index (χ3v) is 2.26. The number of nitrogens with zero attached hydrogens (tertiary/aromatic N) is 3. The number of aryl methyl sites for hydroxylation is 1. The van der Waals surface area contributed by atoms with Crippen LogP contribution in [0, 0.1) is 6.92 Å². The summed E-state index contributed by atoms with van der Waals surface area (Å²) in [4.78, 5) is 12.2. The highest BCUT2D eigenvalue weighted by atomic mass is 15.3. The Labute approximate surface area is 99.3 Å². The Kier molecular flexibility index (Phi) is 3.46. The lowest BCUT2D eigenvalue weighted by atomic mass is 10.2. The topological polar surface area (TPSA) is 88.8 Å². The lowest BCUT2D eigenvalue weighted by molar-refractivity contribution is 1.05. The van der Waals surface area contributed by atoms with Crippen molar-refractivity contribution in [1.29, 1.82) is 0 Å². The van der Waals surface area contributed by atoms with Crippen LogP contribution in [-0.2, 0) is 6.54 Å². The number of rotatable bonds is 4. The lowest BCUT2D eigenvalue weighted by Crippen LogP contribution is -2.10. The molecule has 0 aliphatic rings. The van der Waals surface area contributed by atoms with Gasteiger partial charge in [-0.1, -0.05) is 6.07 Å². The maximum atomic E-state index is 5.26. The molecule has 6 nitrogen and oxygen atoms in total. The van der Waals surface area contributed by atoms with Crippen molar-refractivity contribution >= 4 is 11.6 Å². The van der Waals surface area contributed by atoms with Crippen LogP contribution in [0.1, 0.15) is 11.3 Å². The van der Waals surface area contributed by atoms with E-state index in [0.29, 0.717) is 18.2 Å². The molecule has 0 aliphatic heterocycles. The van der Waals surface area contributed by atoms with E-state index in [1.54, 1.807) is 6.07 Å². The third kappa shape index (κ3) is 3.12. The molecular weight excluding hydrogens is 216 g/mol. The average molecular weight is 230 g/mol. The van der Waals surface area contributed by atoms with Gasteiger partial charge in [-0.15, -0.1) is 0 Å². The van der Waals surface area contributed by atoms with Crippen LogP contribution in [0.4, 0.5) is 11.6 Å². The van der Waals surface area contributed by atoms with E-state index in [2.05, 4.69) is 25.7 Å². The minimum Gasteiger partial charge on any atom is -0.366 e. The van der Waals surface area contributed by atoms with Crippen molar-refractivity contribution in [1.82, 2.24) is 15.0 Å². The normalized spacial score (nSPS) is 10.0. The number of aromatic nitrogens is 3. The van der Waals surface area contributed by atoms with Crippen molar-refractivity contribution in [3.8, 4) is 0 Å². The van der Waals surface area contributed by atoms with Gasteiger partial charge in [-0.25, -0.2) is 15.8 Å². The zero-order chi connectivity index (χ0) is 12.1. The molecule has 2 rings (SSSR count). The molecule has 0 unspecified atom stereocenters. The molecule has 6 heteroatoms. The number of pyridine rings is 1. The van der Waals surface area contributed by atoms with Crippen LogP contribution in [0.2, 0.25) is 0 Å². The van der Waals surface area contributed by atoms with E-state index in [-0.39, 0.29) is 0 Å². The summed E-state index contributed by atoms with van der Waals surface area (Å²) in [5, 5.41) is 3.17. The summed E-state index contributed by atoms with van der Waals surface area (Å²) in [5.74, 6) is 6.55. The van der Waals surface area contributed by atoms with Crippen LogP contribution in [0.25, 0.3) is 0 Å². The summed E-state index contributed by atoms with van der Waals surface area (Å²) in [7, 11) is 0. The van der Waals surface area contributed by atoms with Crippen LogP contribution in [0.5, 0.6) is 0 Å². The molecular formula is C11H14N6. The fourth-order valence-corrected chi connectivity index (χ4v) is 1.33. The van der Waals surface area contributed by atoms with E-state index < -0.39 is 0 Å². The van der Waals surface area contributed by atoms with E-state index in [0.717, 1.165) is 11.3 Å².